The summed E-state index contributed by atoms with van der Waals surface area (Å²) in [7, 11) is 0. The van der Waals surface area contributed by atoms with Gasteiger partial charge in [0.25, 0.3) is 0 Å². The molecular weight excluding hydrogens is 256 g/mol. The van der Waals surface area contributed by atoms with Gasteiger partial charge in [0.05, 0.1) is 12.2 Å². The number of ether oxygens (including phenoxy) is 2. The molecule has 1 aromatic carbocycles. The molecule has 20 heavy (non-hydrogen) atoms. The summed E-state index contributed by atoms with van der Waals surface area (Å²) in [6.45, 7) is 6.76. The smallest absolute Gasteiger partial charge is 0.410 e. The molecule has 1 atom stereocenters. The van der Waals surface area contributed by atoms with Gasteiger partial charge >= 0.3 is 6.09 Å². The number of hydrogen-bond donors (Lipinski definition) is 1. The molecule has 1 aliphatic heterocycles. The van der Waals surface area contributed by atoms with E-state index in [0.29, 0.717) is 24.5 Å². The van der Waals surface area contributed by atoms with E-state index >= 15 is 0 Å². The second-order valence-electron chi connectivity index (χ2n) is 5.99. The van der Waals surface area contributed by atoms with Crippen molar-refractivity contribution in [3.63, 3.8) is 0 Å². The summed E-state index contributed by atoms with van der Waals surface area (Å²) >= 11 is 0. The van der Waals surface area contributed by atoms with E-state index in [0.717, 1.165) is 6.42 Å². The second kappa shape index (κ2) is 5.61. The quantitative estimate of drug-likeness (QED) is 0.845. The third-order valence-electron chi connectivity index (χ3n) is 3.01. The van der Waals surface area contributed by atoms with Crippen LogP contribution in [0.15, 0.2) is 24.3 Å². The molecule has 5 nitrogen and oxygen atoms in total. The van der Waals surface area contributed by atoms with Gasteiger partial charge in [-0.2, -0.15) is 0 Å². The van der Waals surface area contributed by atoms with E-state index in [1.807, 2.05) is 39.0 Å². The number of benzene rings is 1. The highest BCUT2D eigenvalue weighted by Gasteiger charge is 2.31. The number of carbonyl (C=O) groups is 1. The van der Waals surface area contributed by atoms with Crippen LogP contribution in [0.4, 0.5) is 10.5 Å². The Morgan fingerprint density at radius 1 is 1.35 bits per heavy atom. The van der Waals surface area contributed by atoms with Crippen LogP contribution in [0.25, 0.3) is 0 Å². The highest BCUT2D eigenvalue weighted by molar-refractivity contribution is 5.68. The molecule has 0 spiro atoms. The molecule has 0 saturated carbocycles. The van der Waals surface area contributed by atoms with Crippen molar-refractivity contribution in [2.75, 3.05) is 18.8 Å². The molecule has 2 rings (SSSR count). The fourth-order valence-corrected chi connectivity index (χ4v) is 2.08. The predicted octanol–water partition coefficient (Wildman–Crippen LogP) is 2.66. The molecule has 1 amide bonds. The lowest BCUT2D eigenvalue weighted by molar-refractivity contribution is 0.0276. The normalized spacial score (nSPS) is 18.9. The van der Waals surface area contributed by atoms with Crippen LogP contribution in [0.2, 0.25) is 0 Å². The number of likely N-dealkylation sites (tertiary alicyclic amines) is 1. The van der Waals surface area contributed by atoms with E-state index in [1.54, 1.807) is 11.0 Å². The molecule has 1 aromatic rings. The van der Waals surface area contributed by atoms with Crippen molar-refractivity contribution in [3.8, 4) is 5.75 Å². The first-order chi connectivity index (χ1) is 9.35. The van der Waals surface area contributed by atoms with Gasteiger partial charge < -0.3 is 20.1 Å². The summed E-state index contributed by atoms with van der Waals surface area (Å²) in [6, 6.07) is 7.39. The van der Waals surface area contributed by atoms with Gasteiger partial charge in [0.2, 0.25) is 0 Å². The maximum absolute atomic E-state index is 11.9. The Kier molecular flexibility index (Phi) is 4.06. The van der Waals surface area contributed by atoms with Crippen molar-refractivity contribution >= 4 is 11.8 Å². The monoisotopic (exact) mass is 278 g/mol. The van der Waals surface area contributed by atoms with Crippen LogP contribution >= 0.6 is 0 Å². The Hall–Kier alpha value is -1.91. The maximum Gasteiger partial charge on any atom is 0.410 e. The Labute approximate surface area is 119 Å². The number of para-hydroxylation sites is 2. The van der Waals surface area contributed by atoms with Crippen LogP contribution < -0.4 is 10.5 Å². The molecule has 1 aliphatic rings. The number of nitrogen functional groups attached to an aromatic ring is 1. The predicted molar refractivity (Wildman–Crippen MR) is 77.7 cm³/mol. The largest absolute Gasteiger partial charge is 0.486 e. The zero-order valence-corrected chi connectivity index (χ0v) is 12.3. The summed E-state index contributed by atoms with van der Waals surface area (Å²) in [5, 5.41) is 0. The molecule has 0 radical (unpaired) electrons. The summed E-state index contributed by atoms with van der Waals surface area (Å²) < 4.78 is 11.2. The van der Waals surface area contributed by atoms with Gasteiger partial charge in [-0.15, -0.1) is 0 Å². The standard InChI is InChI=1S/C15H22N2O3/c1-15(2,3)20-14(18)17-9-8-11(10-17)19-13-7-5-4-6-12(13)16/h4-7,11H,8-10,16H2,1-3H3. The van der Waals surface area contributed by atoms with Crippen molar-refractivity contribution in [2.24, 2.45) is 0 Å². The van der Waals surface area contributed by atoms with Gasteiger partial charge in [-0.3, -0.25) is 0 Å². The molecule has 1 fully saturated rings. The average molecular weight is 278 g/mol. The highest BCUT2D eigenvalue weighted by Crippen LogP contribution is 2.24. The van der Waals surface area contributed by atoms with Gasteiger partial charge in [0, 0.05) is 13.0 Å². The molecule has 1 unspecified atom stereocenters. The zero-order valence-electron chi connectivity index (χ0n) is 12.3. The topological polar surface area (TPSA) is 64.8 Å². The molecular formula is C15H22N2O3. The van der Waals surface area contributed by atoms with Crippen LogP contribution in [0.3, 0.4) is 0 Å². The second-order valence-corrected chi connectivity index (χ2v) is 5.99. The van der Waals surface area contributed by atoms with Crippen molar-refractivity contribution in [1.29, 1.82) is 0 Å². The minimum atomic E-state index is -0.472. The van der Waals surface area contributed by atoms with Gasteiger partial charge in [-0.05, 0) is 32.9 Å². The average Bonchev–Trinajstić information content (AvgIpc) is 2.79. The van der Waals surface area contributed by atoms with E-state index in [9.17, 15) is 4.79 Å². The van der Waals surface area contributed by atoms with Crippen molar-refractivity contribution in [3.05, 3.63) is 24.3 Å². The van der Waals surface area contributed by atoms with E-state index < -0.39 is 5.60 Å². The molecule has 1 heterocycles. The van der Waals surface area contributed by atoms with Crippen LogP contribution in [0, 0.1) is 0 Å². The number of nitrogens with two attached hydrogens (primary N) is 1. The minimum absolute atomic E-state index is 0.0350. The lowest BCUT2D eigenvalue weighted by Gasteiger charge is -2.24. The molecule has 5 heteroatoms. The van der Waals surface area contributed by atoms with E-state index in [1.165, 1.54) is 0 Å². The Morgan fingerprint density at radius 3 is 2.70 bits per heavy atom. The van der Waals surface area contributed by atoms with Crippen molar-refractivity contribution < 1.29 is 14.3 Å². The summed E-state index contributed by atoms with van der Waals surface area (Å²) in [5.74, 6) is 0.670. The zero-order chi connectivity index (χ0) is 14.8. The third kappa shape index (κ3) is 3.79. The first-order valence-electron chi connectivity index (χ1n) is 6.84. The lowest BCUT2D eigenvalue weighted by atomic mass is 10.2. The maximum atomic E-state index is 11.9. The fourth-order valence-electron chi connectivity index (χ4n) is 2.08. The highest BCUT2D eigenvalue weighted by atomic mass is 16.6. The van der Waals surface area contributed by atoms with Crippen molar-refractivity contribution in [2.45, 2.75) is 38.9 Å². The van der Waals surface area contributed by atoms with E-state index in [-0.39, 0.29) is 12.2 Å². The van der Waals surface area contributed by atoms with E-state index in [2.05, 4.69) is 0 Å². The molecule has 110 valence electrons. The number of rotatable bonds is 2. The van der Waals surface area contributed by atoms with Gasteiger partial charge in [0.1, 0.15) is 17.5 Å². The number of nitrogens with zero attached hydrogens (tertiary/aromatic N) is 1. The van der Waals surface area contributed by atoms with Crippen LogP contribution in [-0.4, -0.2) is 35.8 Å². The van der Waals surface area contributed by atoms with Crippen LogP contribution in [0.5, 0.6) is 5.75 Å². The SMILES string of the molecule is CC(C)(C)OC(=O)N1CCC(Oc2ccccc2N)C1. The molecule has 0 bridgehead atoms. The molecule has 0 aliphatic carbocycles. The molecule has 0 aromatic heterocycles. The number of carbonyl (C=O) groups excluding carboxylic acids is 1. The van der Waals surface area contributed by atoms with Crippen LogP contribution in [0.1, 0.15) is 27.2 Å². The number of anilines is 1. The van der Waals surface area contributed by atoms with Gasteiger partial charge in [-0.1, -0.05) is 12.1 Å². The Bertz CT molecular complexity index is 482. The summed E-state index contributed by atoms with van der Waals surface area (Å²) in [5.41, 5.74) is 5.99. The number of amides is 1. The van der Waals surface area contributed by atoms with Gasteiger partial charge in [-0.25, -0.2) is 4.79 Å². The Morgan fingerprint density at radius 2 is 2.05 bits per heavy atom. The van der Waals surface area contributed by atoms with E-state index in [4.69, 9.17) is 15.2 Å². The lowest BCUT2D eigenvalue weighted by Crippen LogP contribution is -2.36. The summed E-state index contributed by atoms with van der Waals surface area (Å²) in [6.07, 6.45) is 0.463. The first kappa shape index (κ1) is 14.5. The minimum Gasteiger partial charge on any atom is -0.486 e. The fraction of sp³-hybridized carbons (Fsp3) is 0.533. The molecule has 2 N–H and O–H groups in total. The van der Waals surface area contributed by atoms with Crippen molar-refractivity contribution in [1.82, 2.24) is 4.90 Å². The van der Waals surface area contributed by atoms with Crippen LogP contribution in [-0.2, 0) is 4.74 Å². The number of hydrogen-bond acceptors (Lipinski definition) is 4. The van der Waals surface area contributed by atoms with Gasteiger partial charge in [0.15, 0.2) is 0 Å². The molecule has 1 saturated heterocycles. The third-order valence-corrected chi connectivity index (χ3v) is 3.01. The first-order valence-corrected chi connectivity index (χ1v) is 6.84. The Balaban J connectivity index is 1.90. The summed E-state index contributed by atoms with van der Waals surface area (Å²) in [4.78, 5) is 13.6.